The predicted molar refractivity (Wildman–Crippen MR) is 54.7 cm³/mol. The maximum Gasteiger partial charge on any atom is 0.139 e. The van der Waals surface area contributed by atoms with E-state index in [1.165, 1.54) is 19.3 Å². The van der Waals surface area contributed by atoms with Crippen molar-refractivity contribution in [3.8, 4) is 0 Å². The molecule has 13 heavy (non-hydrogen) atoms. The standard InChI is InChI=1S/C11H21NO/c1-11(2,3)10(13)8-9-6-4-5-7-12-9/h9,12H,4-8H2,1-3H3. The number of carbonyl (C=O) groups excluding carboxylic acids is 1. The van der Waals surface area contributed by atoms with E-state index in [0.29, 0.717) is 18.2 Å². The van der Waals surface area contributed by atoms with Gasteiger partial charge in [-0.15, -0.1) is 0 Å². The van der Waals surface area contributed by atoms with Crippen molar-refractivity contribution < 1.29 is 4.79 Å². The van der Waals surface area contributed by atoms with Gasteiger partial charge in [-0.2, -0.15) is 0 Å². The molecule has 2 heteroatoms. The first-order valence-corrected chi connectivity index (χ1v) is 5.27. The van der Waals surface area contributed by atoms with Crippen LogP contribution in [0.5, 0.6) is 0 Å². The van der Waals surface area contributed by atoms with Crippen LogP contribution in [-0.4, -0.2) is 18.4 Å². The molecule has 0 radical (unpaired) electrons. The lowest BCUT2D eigenvalue weighted by Crippen LogP contribution is -2.38. The van der Waals surface area contributed by atoms with E-state index in [4.69, 9.17) is 0 Å². The fraction of sp³-hybridized carbons (Fsp3) is 0.909. The van der Waals surface area contributed by atoms with Crippen LogP contribution < -0.4 is 5.32 Å². The molecule has 1 heterocycles. The van der Waals surface area contributed by atoms with E-state index < -0.39 is 0 Å². The Kier molecular flexibility index (Phi) is 3.48. The Hall–Kier alpha value is -0.370. The molecule has 0 saturated carbocycles. The van der Waals surface area contributed by atoms with Crippen molar-refractivity contribution in [3.63, 3.8) is 0 Å². The number of carbonyl (C=O) groups is 1. The summed E-state index contributed by atoms with van der Waals surface area (Å²) >= 11 is 0. The molecule has 1 N–H and O–H groups in total. The SMILES string of the molecule is CC(C)(C)C(=O)CC1CCCCN1. The summed E-state index contributed by atoms with van der Waals surface area (Å²) < 4.78 is 0. The van der Waals surface area contributed by atoms with E-state index in [-0.39, 0.29) is 5.41 Å². The molecular weight excluding hydrogens is 162 g/mol. The van der Waals surface area contributed by atoms with Gasteiger partial charge in [-0.05, 0) is 19.4 Å². The van der Waals surface area contributed by atoms with Gasteiger partial charge in [0.25, 0.3) is 0 Å². The Morgan fingerprint density at radius 2 is 2.08 bits per heavy atom. The van der Waals surface area contributed by atoms with Crippen molar-refractivity contribution in [3.05, 3.63) is 0 Å². The van der Waals surface area contributed by atoms with Crippen molar-refractivity contribution in [2.24, 2.45) is 5.41 Å². The molecule has 1 atom stereocenters. The summed E-state index contributed by atoms with van der Waals surface area (Å²) in [6.45, 7) is 7.08. The van der Waals surface area contributed by atoms with Gasteiger partial charge in [0.2, 0.25) is 0 Å². The summed E-state index contributed by atoms with van der Waals surface area (Å²) in [6.07, 6.45) is 4.42. The molecule has 1 saturated heterocycles. The van der Waals surface area contributed by atoms with Gasteiger partial charge < -0.3 is 5.32 Å². The smallest absolute Gasteiger partial charge is 0.139 e. The topological polar surface area (TPSA) is 29.1 Å². The highest BCUT2D eigenvalue weighted by atomic mass is 16.1. The predicted octanol–water partition coefficient (Wildman–Crippen LogP) is 2.13. The van der Waals surface area contributed by atoms with Gasteiger partial charge in [-0.25, -0.2) is 0 Å². The number of nitrogens with one attached hydrogen (secondary N) is 1. The minimum absolute atomic E-state index is 0.168. The van der Waals surface area contributed by atoms with Gasteiger partial charge in [-0.3, -0.25) is 4.79 Å². The quantitative estimate of drug-likeness (QED) is 0.710. The van der Waals surface area contributed by atoms with Gasteiger partial charge in [-0.1, -0.05) is 27.2 Å². The highest BCUT2D eigenvalue weighted by Crippen LogP contribution is 2.20. The number of hydrogen-bond donors (Lipinski definition) is 1. The van der Waals surface area contributed by atoms with Crippen molar-refractivity contribution in [2.75, 3.05) is 6.54 Å². The van der Waals surface area contributed by atoms with Crippen LogP contribution in [0.3, 0.4) is 0 Å². The lowest BCUT2D eigenvalue weighted by atomic mass is 9.85. The molecule has 0 aromatic heterocycles. The number of Topliss-reactive ketones (excluding diaryl/α,β-unsaturated/α-hetero) is 1. The minimum Gasteiger partial charge on any atom is -0.314 e. The van der Waals surface area contributed by atoms with Gasteiger partial charge in [0, 0.05) is 17.9 Å². The molecule has 0 spiro atoms. The Morgan fingerprint density at radius 3 is 2.54 bits per heavy atom. The summed E-state index contributed by atoms with van der Waals surface area (Å²) in [5.41, 5.74) is -0.168. The molecule has 1 aliphatic rings. The summed E-state index contributed by atoms with van der Waals surface area (Å²) in [5, 5.41) is 3.40. The average molecular weight is 183 g/mol. The molecule has 0 aromatic rings. The van der Waals surface area contributed by atoms with E-state index >= 15 is 0 Å². The normalized spacial score (nSPS) is 24.4. The van der Waals surface area contributed by atoms with Crippen LogP contribution in [-0.2, 0) is 4.79 Å². The lowest BCUT2D eigenvalue weighted by molar-refractivity contribution is -0.126. The van der Waals surface area contributed by atoms with Crippen LogP contribution in [0.25, 0.3) is 0 Å². The minimum atomic E-state index is -0.168. The zero-order valence-corrected chi connectivity index (χ0v) is 9.02. The second-order valence-electron chi connectivity index (χ2n) is 5.02. The van der Waals surface area contributed by atoms with Gasteiger partial charge in [0.15, 0.2) is 0 Å². The Balaban J connectivity index is 2.35. The fourth-order valence-electron chi connectivity index (χ4n) is 1.63. The van der Waals surface area contributed by atoms with E-state index in [2.05, 4.69) is 5.32 Å². The van der Waals surface area contributed by atoms with Crippen molar-refractivity contribution in [2.45, 2.75) is 52.5 Å². The molecule has 0 amide bonds. The Morgan fingerprint density at radius 1 is 1.38 bits per heavy atom. The van der Waals surface area contributed by atoms with E-state index in [1.807, 2.05) is 20.8 Å². The van der Waals surface area contributed by atoms with Crippen LogP contribution in [0.15, 0.2) is 0 Å². The first-order chi connectivity index (χ1) is 6.00. The molecule has 2 nitrogen and oxygen atoms in total. The van der Waals surface area contributed by atoms with Gasteiger partial charge in [0.1, 0.15) is 5.78 Å². The largest absolute Gasteiger partial charge is 0.314 e. The van der Waals surface area contributed by atoms with Crippen LogP contribution in [0.2, 0.25) is 0 Å². The average Bonchev–Trinajstić information content (AvgIpc) is 2.04. The third-order valence-corrected chi connectivity index (χ3v) is 2.68. The summed E-state index contributed by atoms with van der Waals surface area (Å²) in [6, 6.07) is 0.445. The number of rotatable bonds is 2. The summed E-state index contributed by atoms with van der Waals surface area (Å²) in [4.78, 5) is 11.7. The molecule has 1 unspecified atom stereocenters. The third-order valence-electron chi connectivity index (χ3n) is 2.68. The molecule has 1 aliphatic heterocycles. The number of hydrogen-bond acceptors (Lipinski definition) is 2. The monoisotopic (exact) mass is 183 g/mol. The van der Waals surface area contributed by atoms with E-state index in [1.54, 1.807) is 0 Å². The van der Waals surface area contributed by atoms with Crippen molar-refractivity contribution >= 4 is 5.78 Å². The first kappa shape index (κ1) is 10.7. The zero-order valence-electron chi connectivity index (χ0n) is 9.02. The highest BCUT2D eigenvalue weighted by Gasteiger charge is 2.25. The van der Waals surface area contributed by atoms with Crippen LogP contribution in [0.1, 0.15) is 46.5 Å². The first-order valence-electron chi connectivity index (χ1n) is 5.27. The molecule has 1 fully saturated rings. The Labute approximate surface area is 81.1 Å². The summed E-state index contributed by atoms with van der Waals surface area (Å²) in [7, 11) is 0. The molecule has 76 valence electrons. The van der Waals surface area contributed by atoms with Crippen LogP contribution in [0, 0.1) is 5.41 Å². The van der Waals surface area contributed by atoms with Crippen LogP contribution in [0.4, 0.5) is 0 Å². The zero-order chi connectivity index (χ0) is 9.90. The van der Waals surface area contributed by atoms with Gasteiger partial charge >= 0.3 is 0 Å². The fourth-order valence-corrected chi connectivity index (χ4v) is 1.63. The maximum absolute atomic E-state index is 11.7. The Bertz CT molecular complexity index is 175. The second-order valence-corrected chi connectivity index (χ2v) is 5.02. The van der Waals surface area contributed by atoms with Crippen LogP contribution >= 0.6 is 0 Å². The molecule has 0 bridgehead atoms. The molecule has 1 rings (SSSR count). The molecule has 0 aliphatic carbocycles. The maximum atomic E-state index is 11.7. The number of ketones is 1. The summed E-state index contributed by atoms with van der Waals surface area (Å²) in [5.74, 6) is 0.381. The van der Waals surface area contributed by atoms with Crippen molar-refractivity contribution in [1.29, 1.82) is 0 Å². The van der Waals surface area contributed by atoms with Crippen molar-refractivity contribution in [1.82, 2.24) is 5.32 Å². The molecule has 0 aromatic carbocycles. The third kappa shape index (κ3) is 3.47. The second kappa shape index (κ2) is 4.23. The van der Waals surface area contributed by atoms with E-state index in [0.717, 1.165) is 6.54 Å². The molecular formula is C11H21NO. The van der Waals surface area contributed by atoms with Gasteiger partial charge in [0.05, 0.1) is 0 Å². The van der Waals surface area contributed by atoms with E-state index in [9.17, 15) is 4.79 Å². The lowest BCUT2D eigenvalue weighted by Gasteiger charge is -2.26. The number of piperidine rings is 1. The highest BCUT2D eigenvalue weighted by molar-refractivity contribution is 5.84.